The van der Waals surface area contributed by atoms with E-state index >= 15 is 0 Å². The minimum Gasteiger partial charge on any atom is -0.278 e. The minimum atomic E-state index is -0.403. The van der Waals surface area contributed by atoms with Crippen LogP contribution in [-0.2, 0) is 19.2 Å². The third-order valence-electron chi connectivity index (χ3n) is 3.21. The average Bonchev–Trinajstić information content (AvgIpc) is 2.76. The van der Waals surface area contributed by atoms with E-state index in [1.54, 1.807) is 0 Å². The molecule has 2 rings (SSSR count). The number of nitrogens with zero attached hydrogens (tertiary/aromatic N) is 2. The number of rotatable bonds is 5. The molecular weight excluding hydrogens is 300 g/mol. The second kappa shape index (κ2) is 5.84. The van der Waals surface area contributed by atoms with Crippen LogP contribution in [0.2, 0.25) is 0 Å². The van der Waals surface area contributed by atoms with Gasteiger partial charge >= 0.3 is 0 Å². The Balaban J connectivity index is 1.77. The van der Waals surface area contributed by atoms with E-state index in [9.17, 15) is 19.2 Å². The standard InChI is InChI=1S/C12H12N2O4S2/c15-9-5-7(19)11(17)13(9)3-1-2-4-14-10(16)6-8(20)12(14)18/h1-6H2. The molecule has 2 aliphatic heterocycles. The Morgan fingerprint density at radius 1 is 0.750 bits per heavy atom. The molecule has 0 radical (unpaired) electrons. The molecule has 0 aromatic heterocycles. The van der Waals surface area contributed by atoms with E-state index in [0.717, 1.165) is 9.80 Å². The predicted octanol–water partition coefficient (Wildman–Crippen LogP) is 0.0242. The van der Waals surface area contributed by atoms with Crippen molar-refractivity contribution in [3.63, 3.8) is 0 Å². The van der Waals surface area contributed by atoms with Crippen LogP contribution in [-0.4, -0.2) is 56.2 Å². The summed E-state index contributed by atoms with van der Waals surface area (Å²) in [6, 6.07) is 0. The van der Waals surface area contributed by atoms with Crippen LogP contribution in [0.15, 0.2) is 0 Å². The number of thiocarbonyl (C=S) groups is 2. The van der Waals surface area contributed by atoms with Gasteiger partial charge in [0.1, 0.15) is 0 Å². The van der Waals surface area contributed by atoms with E-state index in [2.05, 4.69) is 0 Å². The molecule has 106 valence electrons. The molecule has 0 aliphatic carbocycles. The number of amides is 4. The first-order chi connectivity index (χ1) is 9.41. The van der Waals surface area contributed by atoms with Gasteiger partial charge in [0, 0.05) is 13.1 Å². The molecule has 2 saturated heterocycles. The van der Waals surface area contributed by atoms with Crippen molar-refractivity contribution in [3.05, 3.63) is 0 Å². The Morgan fingerprint density at radius 2 is 1.10 bits per heavy atom. The van der Waals surface area contributed by atoms with Gasteiger partial charge in [-0.2, -0.15) is 0 Å². The van der Waals surface area contributed by atoms with Gasteiger partial charge in [0.05, 0.1) is 22.6 Å². The molecule has 20 heavy (non-hydrogen) atoms. The molecule has 0 spiro atoms. The molecule has 4 amide bonds. The summed E-state index contributed by atoms with van der Waals surface area (Å²) in [7, 11) is 0. The monoisotopic (exact) mass is 312 g/mol. The van der Waals surface area contributed by atoms with E-state index in [-0.39, 0.29) is 47.5 Å². The third-order valence-corrected chi connectivity index (χ3v) is 3.84. The van der Waals surface area contributed by atoms with Crippen LogP contribution >= 0.6 is 24.4 Å². The molecule has 2 heterocycles. The van der Waals surface area contributed by atoms with Gasteiger partial charge in [-0.1, -0.05) is 24.4 Å². The highest BCUT2D eigenvalue weighted by Crippen LogP contribution is 2.14. The number of unbranched alkanes of at least 4 members (excludes halogenated alkanes) is 1. The fraction of sp³-hybridized carbons (Fsp3) is 0.500. The largest absolute Gasteiger partial charge is 0.278 e. The molecule has 2 fully saturated rings. The van der Waals surface area contributed by atoms with Crippen molar-refractivity contribution in [2.45, 2.75) is 25.7 Å². The summed E-state index contributed by atoms with van der Waals surface area (Å²) >= 11 is 9.56. The first kappa shape index (κ1) is 14.9. The van der Waals surface area contributed by atoms with E-state index < -0.39 is 11.8 Å². The summed E-state index contributed by atoms with van der Waals surface area (Å²) in [5.41, 5.74) is 0. The smallest absolute Gasteiger partial charge is 0.267 e. The van der Waals surface area contributed by atoms with Crippen LogP contribution in [0.25, 0.3) is 0 Å². The Labute approximate surface area is 126 Å². The normalized spacial score (nSPS) is 19.8. The van der Waals surface area contributed by atoms with Gasteiger partial charge in [0.2, 0.25) is 11.8 Å². The van der Waals surface area contributed by atoms with Crippen molar-refractivity contribution in [2.75, 3.05) is 13.1 Å². The van der Waals surface area contributed by atoms with Crippen molar-refractivity contribution < 1.29 is 19.2 Å². The van der Waals surface area contributed by atoms with E-state index in [1.807, 2.05) is 0 Å². The van der Waals surface area contributed by atoms with Crippen molar-refractivity contribution in [1.29, 1.82) is 0 Å². The lowest BCUT2D eigenvalue weighted by atomic mass is 10.3. The highest BCUT2D eigenvalue weighted by atomic mass is 32.1. The molecule has 0 bridgehead atoms. The van der Waals surface area contributed by atoms with Crippen molar-refractivity contribution in [3.8, 4) is 0 Å². The molecule has 0 saturated carbocycles. The van der Waals surface area contributed by atoms with Gasteiger partial charge in [0.25, 0.3) is 11.8 Å². The Kier molecular flexibility index (Phi) is 4.34. The first-order valence-corrected chi connectivity index (χ1v) is 6.98. The van der Waals surface area contributed by atoms with Crippen LogP contribution in [0.5, 0.6) is 0 Å². The van der Waals surface area contributed by atoms with Crippen LogP contribution in [0, 0.1) is 0 Å². The second-order valence-corrected chi connectivity index (χ2v) is 5.59. The molecule has 0 aromatic carbocycles. The Bertz CT molecular complexity index is 496. The topological polar surface area (TPSA) is 74.8 Å². The quantitative estimate of drug-likeness (QED) is 0.405. The summed E-state index contributed by atoms with van der Waals surface area (Å²) in [6.45, 7) is 0.525. The van der Waals surface area contributed by atoms with E-state index in [0.29, 0.717) is 12.8 Å². The van der Waals surface area contributed by atoms with E-state index in [1.165, 1.54) is 0 Å². The highest BCUT2D eigenvalue weighted by molar-refractivity contribution is 7.82. The lowest BCUT2D eigenvalue weighted by molar-refractivity contribution is -0.139. The van der Waals surface area contributed by atoms with Crippen LogP contribution in [0.1, 0.15) is 25.7 Å². The van der Waals surface area contributed by atoms with Crippen molar-refractivity contribution >= 4 is 57.8 Å². The fourth-order valence-electron chi connectivity index (χ4n) is 2.14. The van der Waals surface area contributed by atoms with Gasteiger partial charge in [-0.25, -0.2) is 0 Å². The maximum Gasteiger partial charge on any atom is 0.267 e. The second-order valence-electron chi connectivity index (χ2n) is 4.61. The molecule has 0 N–H and O–H groups in total. The summed E-state index contributed by atoms with van der Waals surface area (Å²) in [5, 5.41) is 0. The van der Waals surface area contributed by atoms with E-state index in [4.69, 9.17) is 24.4 Å². The molecule has 6 nitrogen and oxygen atoms in total. The zero-order valence-corrected chi connectivity index (χ0v) is 12.2. The zero-order valence-electron chi connectivity index (χ0n) is 10.6. The van der Waals surface area contributed by atoms with Gasteiger partial charge in [-0.15, -0.1) is 0 Å². The first-order valence-electron chi connectivity index (χ1n) is 6.17. The lowest BCUT2D eigenvalue weighted by Gasteiger charge is -2.15. The molecule has 0 unspecified atom stereocenters. The summed E-state index contributed by atoms with van der Waals surface area (Å²) in [4.78, 5) is 48.6. The number of imide groups is 2. The highest BCUT2D eigenvalue weighted by Gasteiger charge is 2.34. The Morgan fingerprint density at radius 3 is 1.35 bits per heavy atom. The van der Waals surface area contributed by atoms with Crippen molar-refractivity contribution in [2.24, 2.45) is 0 Å². The summed E-state index contributed by atoms with van der Waals surface area (Å²) in [5.74, 6) is -1.37. The molecule has 0 atom stereocenters. The molecule has 0 aromatic rings. The van der Waals surface area contributed by atoms with Crippen molar-refractivity contribution in [1.82, 2.24) is 9.80 Å². The number of hydrogen-bond acceptors (Lipinski definition) is 6. The molecule has 8 heteroatoms. The van der Waals surface area contributed by atoms with Gasteiger partial charge in [0.15, 0.2) is 0 Å². The average molecular weight is 312 g/mol. The maximum absolute atomic E-state index is 11.5. The fourth-order valence-corrected chi connectivity index (χ4v) is 2.60. The third kappa shape index (κ3) is 2.80. The van der Waals surface area contributed by atoms with Crippen LogP contribution in [0.3, 0.4) is 0 Å². The number of likely N-dealkylation sites (tertiary alicyclic amines) is 2. The minimum absolute atomic E-state index is 0.00549. The van der Waals surface area contributed by atoms with Crippen LogP contribution < -0.4 is 0 Å². The summed E-state index contributed by atoms with van der Waals surface area (Å²) < 4.78 is 0. The SMILES string of the molecule is O=C1CC(=S)C(=O)N1CCCCN1C(=O)CC(=S)C1=O. The predicted molar refractivity (Wildman–Crippen MR) is 77.1 cm³/mol. The number of carbonyl (C=O) groups is 4. The maximum atomic E-state index is 11.5. The van der Waals surface area contributed by atoms with Gasteiger partial charge in [-0.05, 0) is 12.8 Å². The summed E-state index contributed by atoms with van der Waals surface area (Å²) in [6.07, 6.45) is 1.05. The van der Waals surface area contributed by atoms with Gasteiger partial charge in [-0.3, -0.25) is 29.0 Å². The Hall–Kier alpha value is -1.54. The van der Waals surface area contributed by atoms with Gasteiger partial charge < -0.3 is 0 Å². The molecular formula is C12H12N2O4S2. The number of carbonyl (C=O) groups excluding carboxylic acids is 4. The lowest BCUT2D eigenvalue weighted by Crippen LogP contribution is -2.34. The molecule has 2 aliphatic rings. The zero-order chi connectivity index (χ0) is 14.9. The van der Waals surface area contributed by atoms with Crippen LogP contribution in [0.4, 0.5) is 0 Å². The number of hydrogen-bond donors (Lipinski definition) is 0.